The number of fused-ring (bicyclic) bond motifs is 4. The Hall–Kier alpha value is -1.79. The van der Waals surface area contributed by atoms with Gasteiger partial charge >= 0.3 is 0 Å². The molecule has 2 unspecified atom stereocenters. The molecular weight excluding hydrogens is 322 g/mol. The van der Waals surface area contributed by atoms with E-state index in [0.29, 0.717) is 11.3 Å². The highest BCUT2D eigenvalue weighted by atomic mass is 32.2. The fraction of sp³-hybridized carbons (Fsp3) is 0.444. The second-order valence-corrected chi connectivity index (χ2v) is 8.72. The minimum atomic E-state index is -3.54. The predicted molar refractivity (Wildman–Crippen MR) is 91.2 cm³/mol. The number of aryl methyl sites for hydroxylation is 3. The summed E-state index contributed by atoms with van der Waals surface area (Å²) in [7, 11) is -3.54. The van der Waals surface area contributed by atoms with Crippen LogP contribution in [-0.4, -0.2) is 28.7 Å². The molecule has 2 aliphatic heterocycles. The van der Waals surface area contributed by atoms with Gasteiger partial charge in [0.2, 0.25) is 10.0 Å². The molecule has 126 valence electrons. The molecule has 0 N–H and O–H groups in total. The van der Waals surface area contributed by atoms with Crippen LogP contribution in [0.2, 0.25) is 0 Å². The van der Waals surface area contributed by atoms with Gasteiger partial charge in [-0.25, -0.2) is 18.4 Å². The van der Waals surface area contributed by atoms with Gasteiger partial charge in [0.05, 0.1) is 16.6 Å². The summed E-state index contributed by atoms with van der Waals surface area (Å²) in [6.45, 7) is 5.76. The van der Waals surface area contributed by atoms with Gasteiger partial charge in [-0.05, 0) is 44.7 Å². The van der Waals surface area contributed by atoms with Gasteiger partial charge in [0.25, 0.3) is 0 Å². The number of rotatable bonds is 2. The molecule has 2 atom stereocenters. The quantitative estimate of drug-likeness (QED) is 0.841. The molecule has 5 nitrogen and oxygen atoms in total. The van der Waals surface area contributed by atoms with E-state index >= 15 is 0 Å². The summed E-state index contributed by atoms with van der Waals surface area (Å²) in [5.74, 6) is 0. The van der Waals surface area contributed by atoms with Gasteiger partial charge in [-0.2, -0.15) is 4.31 Å². The van der Waals surface area contributed by atoms with Crippen LogP contribution in [0.1, 0.15) is 46.8 Å². The van der Waals surface area contributed by atoms with Gasteiger partial charge in [-0.1, -0.05) is 17.7 Å². The molecule has 2 aromatic rings. The van der Waals surface area contributed by atoms with E-state index in [-0.39, 0.29) is 12.1 Å². The molecule has 24 heavy (non-hydrogen) atoms. The van der Waals surface area contributed by atoms with Crippen LogP contribution >= 0.6 is 0 Å². The molecule has 0 spiro atoms. The van der Waals surface area contributed by atoms with E-state index in [9.17, 15) is 8.42 Å². The molecule has 4 rings (SSSR count). The zero-order valence-corrected chi connectivity index (χ0v) is 15.0. The van der Waals surface area contributed by atoms with Crippen molar-refractivity contribution in [1.29, 1.82) is 0 Å². The van der Waals surface area contributed by atoms with Crippen LogP contribution in [-0.2, 0) is 16.4 Å². The highest BCUT2D eigenvalue weighted by Gasteiger charge is 2.47. The summed E-state index contributed by atoms with van der Waals surface area (Å²) >= 11 is 0. The average Bonchev–Trinajstić information content (AvgIpc) is 2.83. The smallest absolute Gasteiger partial charge is 0.244 e. The molecule has 6 heteroatoms. The monoisotopic (exact) mass is 343 g/mol. The van der Waals surface area contributed by atoms with Crippen LogP contribution in [0.25, 0.3) is 0 Å². The molecule has 0 radical (unpaired) electrons. The third-order valence-corrected chi connectivity index (χ3v) is 7.46. The molecule has 1 aromatic carbocycles. The van der Waals surface area contributed by atoms with Crippen molar-refractivity contribution in [3.8, 4) is 0 Å². The molecule has 3 heterocycles. The molecule has 1 saturated heterocycles. The van der Waals surface area contributed by atoms with Crippen molar-refractivity contribution >= 4 is 10.0 Å². The van der Waals surface area contributed by atoms with Gasteiger partial charge in [0, 0.05) is 24.2 Å². The largest absolute Gasteiger partial charge is 0.244 e. The summed E-state index contributed by atoms with van der Waals surface area (Å²) in [5.41, 5.74) is 4.70. The molecule has 0 aliphatic carbocycles. The van der Waals surface area contributed by atoms with E-state index in [0.717, 1.165) is 40.8 Å². The first kappa shape index (κ1) is 15.7. The minimum Gasteiger partial charge on any atom is -0.244 e. The Balaban J connectivity index is 1.85. The first-order valence-electron chi connectivity index (χ1n) is 8.29. The third kappa shape index (κ3) is 2.20. The van der Waals surface area contributed by atoms with Crippen LogP contribution in [0.5, 0.6) is 0 Å². The number of hydrogen-bond donors (Lipinski definition) is 0. The number of benzene rings is 1. The normalized spacial score (nSPS) is 23.3. The Labute approximate surface area is 142 Å². The minimum absolute atomic E-state index is 0.00232. The lowest BCUT2D eigenvalue weighted by Gasteiger charge is -2.35. The van der Waals surface area contributed by atoms with Crippen LogP contribution < -0.4 is 0 Å². The van der Waals surface area contributed by atoms with Crippen LogP contribution in [0, 0.1) is 20.8 Å². The molecule has 1 aromatic heterocycles. The van der Waals surface area contributed by atoms with Crippen LogP contribution in [0.4, 0.5) is 0 Å². The molecular formula is C18H21N3O2S. The van der Waals surface area contributed by atoms with Gasteiger partial charge in [-0.3, -0.25) is 0 Å². The number of aromatic nitrogens is 2. The Bertz CT molecular complexity index is 901. The lowest BCUT2D eigenvalue weighted by atomic mass is 10.0. The first-order chi connectivity index (χ1) is 11.4. The maximum atomic E-state index is 13.5. The Morgan fingerprint density at radius 2 is 1.83 bits per heavy atom. The second kappa shape index (κ2) is 5.36. The van der Waals surface area contributed by atoms with Crippen molar-refractivity contribution in [2.75, 3.05) is 0 Å². The van der Waals surface area contributed by atoms with Crippen molar-refractivity contribution in [1.82, 2.24) is 14.3 Å². The van der Waals surface area contributed by atoms with Crippen LogP contribution in [0.15, 0.2) is 29.6 Å². The van der Waals surface area contributed by atoms with E-state index < -0.39 is 10.0 Å². The highest BCUT2D eigenvalue weighted by molar-refractivity contribution is 7.89. The SMILES string of the molecule is Cc1cc(C)c(S(=O)(=O)N2C3CCC2c2cncnc2C3)c(C)c1. The van der Waals surface area contributed by atoms with Crippen molar-refractivity contribution in [3.63, 3.8) is 0 Å². The number of hydrogen-bond acceptors (Lipinski definition) is 4. The van der Waals surface area contributed by atoms with Gasteiger partial charge < -0.3 is 0 Å². The predicted octanol–water partition coefficient (Wildman–Crippen LogP) is 2.85. The third-order valence-electron chi connectivity index (χ3n) is 5.20. The zero-order valence-electron chi connectivity index (χ0n) is 14.2. The Morgan fingerprint density at radius 3 is 2.54 bits per heavy atom. The van der Waals surface area contributed by atoms with Crippen molar-refractivity contribution < 1.29 is 8.42 Å². The fourth-order valence-electron chi connectivity index (χ4n) is 4.42. The fourth-order valence-corrected chi connectivity index (χ4v) is 6.69. The molecule has 2 aliphatic rings. The van der Waals surface area contributed by atoms with Crippen molar-refractivity contribution in [3.05, 3.63) is 52.6 Å². The Kier molecular flexibility index (Phi) is 3.51. The first-order valence-corrected chi connectivity index (χ1v) is 9.74. The zero-order chi connectivity index (χ0) is 17.1. The van der Waals surface area contributed by atoms with Crippen molar-refractivity contribution in [2.24, 2.45) is 0 Å². The molecule has 2 bridgehead atoms. The van der Waals surface area contributed by atoms with Gasteiger partial charge in [-0.15, -0.1) is 0 Å². The maximum Gasteiger partial charge on any atom is 0.244 e. The summed E-state index contributed by atoms with van der Waals surface area (Å²) in [4.78, 5) is 8.94. The summed E-state index contributed by atoms with van der Waals surface area (Å²) in [6, 6.07) is 3.76. The molecule has 0 amide bonds. The highest BCUT2D eigenvalue weighted by Crippen LogP contribution is 2.46. The lowest BCUT2D eigenvalue weighted by Crippen LogP contribution is -2.42. The van der Waals surface area contributed by atoms with E-state index in [2.05, 4.69) is 9.97 Å². The lowest BCUT2D eigenvalue weighted by molar-refractivity contribution is 0.300. The van der Waals surface area contributed by atoms with Gasteiger partial charge in [0.15, 0.2) is 0 Å². The second-order valence-electron chi connectivity index (χ2n) is 6.94. The van der Waals surface area contributed by atoms with Crippen molar-refractivity contribution in [2.45, 2.75) is 57.0 Å². The maximum absolute atomic E-state index is 13.5. The number of sulfonamides is 1. The molecule has 0 saturated carbocycles. The van der Waals surface area contributed by atoms with E-state index in [1.807, 2.05) is 32.9 Å². The standard InChI is InChI=1S/C18H21N3O2S/c1-11-6-12(2)18(13(3)7-11)24(22,23)21-14-4-5-17(21)15-9-19-10-20-16(15)8-14/h6-7,9-10,14,17H,4-5,8H2,1-3H3. The van der Waals surface area contributed by atoms with Crippen LogP contribution in [0.3, 0.4) is 0 Å². The Morgan fingerprint density at radius 1 is 1.12 bits per heavy atom. The number of nitrogens with zero attached hydrogens (tertiary/aromatic N) is 3. The van der Waals surface area contributed by atoms with E-state index in [4.69, 9.17) is 0 Å². The molecule has 1 fully saturated rings. The summed E-state index contributed by atoms with van der Waals surface area (Å²) in [5, 5.41) is 0. The topological polar surface area (TPSA) is 63.2 Å². The van der Waals surface area contributed by atoms with E-state index in [1.54, 1.807) is 16.8 Å². The summed E-state index contributed by atoms with van der Waals surface area (Å²) in [6.07, 6.45) is 5.73. The summed E-state index contributed by atoms with van der Waals surface area (Å²) < 4.78 is 28.7. The van der Waals surface area contributed by atoms with E-state index in [1.165, 1.54) is 0 Å². The van der Waals surface area contributed by atoms with Gasteiger partial charge in [0.1, 0.15) is 6.33 Å². The average molecular weight is 343 g/mol.